The summed E-state index contributed by atoms with van der Waals surface area (Å²) in [6.07, 6.45) is -3.69. The number of alkyl halides is 3. The standard InChI is InChI=1S/C8H3F3N2O3/c9-8(10,11)7-12-6(13-16-7)5-3-4(14)1-2-15-5/h1-3H. The highest BCUT2D eigenvalue weighted by Gasteiger charge is 2.38. The molecule has 8 heteroatoms. The first-order valence-electron chi connectivity index (χ1n) is 3.97. The topological polar surface area (TPSA) is 69.1 Å². The lowest BCUT2D eigenvalue weighted by Crippen LogP contribution is -2.05. The van der Waals surface area contributed by atoms with Gasteiger partial charge in [-0.25, -0.2) is 0 Å². The molecule has 0 aliphatic rings. The summed E-state index contributed by atoms with van der Waals surface area (Å²) in [6.45, 7) is 0. The van der Waals surface area contributed by atoms with Crippen molar-refractivity contribution < 1.29 is 22.1 Å². The Labute approximate surface area is 85.5 Å². The molecule has 0 saturated carbocycles. The smallest absolute Gasteiger partial charge is 0.461 e. The molecule has 2 heterocycles. The molecule has 0 aliphatic heterocycles. The molecule has 0 spiro atoms. The minimum atomic E-state index is -4.72. The van der Waals surface area contributed by atoms with E-state index in [0.29, 0.717) is 0 Å². The Morgan fingerprint density at radius 3 is 2.62 bits per heavy atom. The van der Waals surface area contributed by atoms with Crippen molar-refractivity contribution in [3.8, 4) is 11.6 Å². The van der Waals surface area contributed by atoms with E-state index in [4.69, 9.17) is 4.42 Å². The lowest BCUT2D eigenvalue weighted by atomic mass is 10.4. The molecule has 0 aromatic carbocycles. The van der Waals surface area contributed by atoms with Crippen LogP contribution in [0, 0.1) is 0 Å². The molecule has 0 saturated heterocycles. The van der Waals surface area contributed by atoms with Crippen molar-refractivity contribution in [2.45, 2.75) is 6.18 Å². The third-order valence-corrected chi connectivity index (χ3v) is 1.59. The zero-order chi connectivity index (χ0) is 11.8. The second-order valence-electron chi connectivity index (χ2n) is 2.75. The Morgan fingerprint density at radius 1 is 1.31 bits per heavy atom. The Kier molecular flexibility index (Phi) is 2.26. The molecular weight excluding hydrogens is 229 g/mol. The summed E-state index contributed by atoms with van der Waals surface area (Å²) >= 11 is 0. The number of hydrogen-bond donors (Lipinski definition) is 0. The van der Waals surface area contributed by atoms with Crippen LogP contribution in [0.4, 0.5) is 13.2 Å². The number of halogens is 3. The van der Waals surface area contributed by atoms with Crippen molar-refractivity contribution in [3.63, 3.8) is 0 Å². The van der Waals surface area contributed by atoms with Gasteiger partial charge >= 0.3 is 12.1 Å². The van der Waals surface area contributed by atoms with E-state index >= 15 is 0 Å². The van der Waals surface area contributed by atoms with E-state index in [1.165, 1.54) is 0 Å². The van der Waals surface area contributed by atoms with Crippen LogP contribution in [-0.4, -0.2) is 10.1 Å². The highest BCUT2D eigenvalue weighted by Crippen LogP contribution is 2.28. The van der Waals surface area contributed by atoms with Crippen molar-refractivity contribution in [2.75, 3.05) is 0 Å². The summed E-state index contributed by atoms with van der Waals surface area (Å²) in [5.41, 5.74) is -0.431. The number of aromatic nitrogens is 2. The van der Waals surface area contributed by atoms with Crippen LogP contribution in [-0.2, 0) is 6.18 Å². The van der Waals surface area contributed by atoms with Gasteiger partial charge < -0.3 is 8.94 Å². The van der Waals surface area contributed by atoms with Crippen molar-refractivity contribution in [3.05, 3.63) is 34.5 Å². The fourth-order valence-electron chi connectivity index (χ4n) is 0.942. The van der Waals surface area contributed by atoms with Crippen LogP contribution >= 0.6 is 0 Å². The van der Waals surface area contributed by atoms with E-state index in [0.717, 1.165) is 18.4 Å². The van der Waals surface area contributed by atoms with E-state index < -0.39 is 23.3 Å². The van der Waals surface area contributed by atoms with Crippen molar-refractivity contribution in [1.29, 1.82) is 0 Å². The fourth-order valence-corrected chi connectivity index (χ4v) is 0.942. The van der Waals surface area contributed by atoms with Crippen LogP contribution in [0.2, 0.25) is 0 Å². The molecule has 0 fully saturated rings. The van der Waals surface area contributed by atoms with Gasteiger partial charge in [0.15, 0.2) is 11.2 Å². The van der Waals surface area contributed by atoms with Gasteiger partial charge in [0.25, 0.3) is 0 Å². The zero-order valence-corrected chi connectivity index (χ0v) is 7.49. The van der Waals surface area contributed by atoms with Crippen LogP contribution in [0.15, 0.2) is 32.1 Å². The van der Waals surface area contributed by atoms with Gasteiger partial charge in [0.2, 0.25) is 5.82 Å². The predicted octanol–water partition coefficient (Wildman–Crippen LogP) is 1.71. The van der Waals surface area contributed by atoms with Gasteiger partial charge in [-0.2, -0.15) is 18.2 Å². The Hall–Kier alpha value is -2.12. The summed E-state index contributed by atoms with van der Waals surface area (Å²) in [6, 6.07) is 2.07. The molecular formula is C8H3F3N2O3. The van der Waals surface area contributed by atoms with Crippen LogP contribution in [0.25, 0.3) is 11.6 Å². The van der Waals surface area contributed by atoms with Gasteiger partial charge in [-0.15, -0.1) is 0 Å². The Bertz CT molecular complexity index is 558. The summed E-state index contributed by atoms with van der Waals surface area (Å²) in [4.78, 5) is 14.0. The number of hydrogen-bond acceptors (Lipinski definition) is 5. The highest BCUT2D eigenvalue weighted by molar-refractivity contribution is 5.44. The van der Waals surface area contributed by atoms with Crippen LogP contribution < -0.4 is 5.43 Å². The molecule has 5 nitrogen and oxygen atoms in total. The maximum absolute atomic E-state index is 12.1. The molecule has 0 radical (unpaired) electrons. The first-order chi connectivity index (χ1) is 7.47. The summed E-state index contributed by atoms with van der Waals surface area (Å²) in [5.74, 6) is -2.11. The quantitative estimate of drug-likeness (QED) is 0.748. The second kappa shape index (κ2) is 3.47. The van der Waals surface area contributed by atoms with Gasteiger partial charge in [0.1, 0.15) is 0 Å². The minimum Gasteiger partial charge on any atom is -0.461 e. The molecule has 0 bridgehead atoms. The first kappa shape index (κ1) is 10.4. The number of nitrogens with zero attached hydrogens (tertiary/aromatic N) is 2. The summed E-state index contributed by atoms with van der Waals surface area (Å²) < 4.78 is 45.1. The lowest BCUT2D eigenvalue weighted by Gasteiger charge is -1.95. The summed E-state index contributed by atoms with van der Waals surface area (Å²) in [7, 11) is 0. The third-order valence-electron chi connectivity index (χ3n) is 1.59. The monoisotopic (exact) mass is 232 g/mol. The largest absolute Gasteiger partial charge is 0.471 e. The van der Waals surface area contributed by atoms with Gasteiger partial charge in [-0.1, -0.05) is 5.16 Å². The maximum Gasteiger partial charge on any atom is 0.471 e. The van der Waals surface area contributed by atoms with Gasteiger partial charge in [-0.3, -0.25) is 4.79 Å². The fraction of sp³-hybridized carbons (Fsp3) is 0.125. The number of rotatable bonds is 1. The molecule has 0 atom stereocenters. The van der Waals surface area contributed by atoms with Crippen molar-refractivity contribution in [2.24, 2.45) is 0 Å². The lowest BCUT2D eigenvalue weighted by molar-refractivity contribution is -0.159. The van der Waals surface area contributed by atoms with Gasteiger partial charge in [-0.05, 0) is 0 Å². The van der Waals surface area contributed by atoms with E-state index in [2.05, 4.69) is 14.7 Å². The van der Waals surface area contributed by atoms with Crippen LogP contribution in [0.1, 0.15) is 5.89 Å². The molecule has 0 unspecified atom stereocenters. The predicted molar refractivity (Wildman–Crippen MR) is 43.3 cm³/mol. The first-order valence-corrected chi connectivity index (χ1v) is 3.97. The second-order valence-corrected chi connectivity index (χ2v) is 2.75. The molecule has 2 rings (SSSR count). The van der Waals surface area contributed by atoms with E-state index in [1.807, 2.05) is 0 Å². The zero-order valence-electron chi connectivity index (χ0n) is 7.49. The highest BCUT2D eigenvalue weighted by atomic mass is 19.4. The average Bonchev–Trinajstić information content (AvgIpc) is 2.65. The van der Waals surface area contributed by atoms with Gasteiger partial charge in [0, 0.05) is 12.1 Å². The average molecular weight is 232 g/mol. The minimum absolute atomic E-state index is 0.188. The van der Waals surface area contributed by atoms with E-state index in [-0.39, 0.29) is 5.76 Å². The van der Waals surface area contributed by atoms with Crippen molar-refractivity contribution in [1.82, 2.24) is 10.1 Å². The van der Waals surface area contributed by atoms with E-state index in [1.54, 1.807) is 0 Å². The molecule has 0 aliphatic carbocycles. The van der Waals surface area contributed by atoms with Gasteiger partial charge in [0.05, 0.1) is 6.26 Å². The molecule has 84 valence electrons. The SMILES string of the molecule is O=c1ccoc(-c2noc(C(F)(F)F)n2)c1. The molecule has 2 aromatic heterocycles. The molecule has 16 heavy (non-hydrogen) atoms. The van der Waals surface area contributed by atoms with Crippen LogP contribution in [0.3, 0.4) is 0 Å². The molecule has 2 aromatic rings. The maximum atomic E-state index is 12.1. The Balaban J connectivity index is 2.43. The third kappa shape index (κ3) is 1.95. The summed E-state index contributed by atoms with van der Waals surface area (Å²) in [5, 5.41) is 3.06. The van der Waals surface area contributed by atoms with Crippen molar-refractivity contribution >= 4 is 0 Å². The Morgan fingerprint density at radius 2 is 2.06 bits per heavy atom. The normalized spacial score (nSPS) is 11.7. The molecule has 0 amide bonds. The van der Waals surface area contributed by atoms with Crippen LogP contribution in [0.5, 0.6) is 0 Å². The molecule has 0 N–H and O–H groups in total. The van der Waals surface area contributed by atoms with E-state index in [9.17, 15) is 18.0 Å².